The summed E-state index contributed by atoms with van der Waals surface area (Å²) in [6.07, 6.45) is 3.71. The number of hydrogen-bond acceptors (Lipinski definition) is 5. The first kappa shape index (κ1) is 18.5. The fourth-order valence-electron chi connectivity index (χ4n) is 2.44. The van der Waals surface area contributed by atoms with Crippen molar-refractivity contribution in [2.75, 3.05) is 7.11 Å². The van der Waals surface area contributed by atoms with Gasteiger partial charge in [-0.1, -0.05) is 12.1 Å². The van der Waals surface area contributed by atoms with E-state index in [2.05, 4.69) is 15.3 Å². The lowest BCUT2D eigenvalue weighted by atomic mass is 10.0. The Morgan fingerprint density at radius 1 is 1.32 bits per heavy atom. The van der Waals surface area contributed by atoms with Gasteiger partial charge >= 0.3 is 5.97 Å². The van der Waals surface area contributed by atoms with E-state index in [1.807, 2.05) is 24.3 Å². The number of imidazole rings is 1. The van der Waals surface area contributed by atoms with Crippen molar-refractivity contribution in [3.63, 3.8) is 0 Å². The Hall–Kier alpha value is -2.87. The van der Waals surface area contributed by atoms with Gasteiger partial charge < -0.3 is 25.9 Å². The topological polar surface area (TPSA) is 130 Å². The molecule has 8 nitrogen and oxygen atoms in total. The van der Waals surface area contributed by atoms with Crippen LogP contribution in [0.1, 0.15) is 17.7 Å². The van der Waals surface area contributed by atoms with Gasteiger partial charge in [0.05, 0.1) is 19.1 Å². The molecule has 0 saturated carbocycles. The first-order valence-corrected chi connectivity index (χ1v) is 7.86. The summed E-state index contributed by atoms with van der Waals surface area (Å²) >= 11 is 0. The molecular formula is C17H22N4O4. The van der Waals surface area contributed by atoms with Crippen LogP contribution in [0.15, 0.2) is 36.8 Å². The Balaban J connectivity index is 1.85. The van der Waals surface area contributed by atoms with E-state index in [1.165, 1.54) is 6.33 Å². The number of rotatable bonds is 9. The first-order valence-electron chi connectivity index (χ1n) is 7.86. The Morgan fingerprint density at radius 2 is 2.04 bits per heavy atom. The molecule has 5 N–H and O–H groups in total. The number of aromatic nitrogens is 2. The molecule has 134 valence electrons. The van der Waals surface area contributed by atoms with Gasteiger partial charge in [-0.3, -0.25) is 4.79 Å². The molecule has 0 aliphatic heterocycles. The van der Waals surface area contributed by atoms with E-state index in [0.717, 1.165) is 11.3 Å². The zero-order valence-corrected chi connectivity index (χ0v) is 13.9. The number of carbonyl (C=O) groups excluding carboxylic acids is 1. The smallest absolute Gasteiger partial charge is 0.326 e. The van der Waals surface area contributed by atoms with E-state index in [0.29, 0.717) is 12.1 Å². The van der Waals surface area contributed by atoms with Crippen molar-refractivity contribution in [1.82, 2.24) is 15.3 Å². The number of aliphatic carboxylic acids is 1. The maximum Gasteiger partial charge on any atom is 0.326 e. The van der Waals surface area contributed by atoms with Gasteiger partial charge in [-0.15, -0.1) is 0 Å². The molecule has 25 heavy (non-hydrogen) atoms. The van der Waals surface area contributed by atoms with E-state index < -0.39 is 24.0 Å². The number of carbonyl (C=O) groups is 2. The van der Waals surface area contributed by atoms with E-state index in [4.69, 9.17) is 10.5 Å². The van der Waals surface area contributed by atoms with Crippen LogP contribution in [0.25, 0.3) is 0 Å². The van der Waals surface area contributed by atoms with Crippen molar-refractivity contribution in [3.05, 3.63) is 48.0 Å². The van der Waals surface area contributed by atoms with E-state index >= 15 is 0 Å². The van der Waals surface area contributed by atoms with Gasteiger partial charge in [0, 0.05) is 25.1 Å². The Labute approximate surface area is 145 Å². The molecule has 0 fully saturated rings. The molecule has 2 rings (SSSR count). The third-order valence-corrected chi connectivity index (χ3v) is 3.71. The normalized spacial score (nSPS) is 13.0. The molecule has 8 heteroatoms. The predicted octanol–water partition coefficient (Wildman–Crippen LogP) is 0.490. The summed E-state index contributed by atoms with van der Waals surface area (Å²) in [5.41, 5.74) is 7.55. The highest BCUT2D eigenvalue weighted by Crippen LogP contribution is 2.13. The van der Waals surface area contributed by atoms with Gasteiger partial charge in [-0.2, -0.15) is 0 Å². The van der Waals surface area contributed by atoms with Gasteiger partial charge in [0.2, 0.25) is 5.91 Å². The number of methoxy groups -OCH3 is 1. The zero-order valence-electron chi connectivity index (χ0n) is 13.9. The van der Waals surface area contributed by atoms with E-state index in [-0.39, 0.29) is 12.8 Å². The Kier molecular flexibility index (Phi) is 6.53. The number of H-pyrrole nitrogens is 1. The Morgan fingerprint density at radius 3 is 2.60 bits per heavy atom. The van der Waals surface area contributed by atoms with Crippen LogP contribution < -0.4 is 15.8 Å². The number of carboxylic acids is 1. The number of amides is 1. The number of ether oxygens (including phenoxy) is 1. The zero-order chi connectivity index (χ0) is 18.2. The van der Waals surface area contributed by atoms with Crippen molar-refractivity contribution < 1.29 is 19.4 Å². The van der Waals surface area contributed by atoms with Gasteiger partial charge in [-0.25, -0.2) is 9.78 Å². The van der Waals surface area contributed by atoms with Gasteiger partial charge in [0.15, 0.2) is 0 Å². The molecule has 0 spiro atoms. The molecule has 0 saturated heterocycles. The van der Waals surface area contributed by atoms with Gasteiger partial charge in [0.1, 0.15) is 11.8 Å². The second kappa shape index (κ2) is 8.84. The molecule has 0 radical (unpaired) electrons. The monoisotopic (exact) mass is 346 g/mol. The lowest BCUT2D eigenvalue weighted by Gasteiger charge is -2.16. The molecule has 2 atom stereocenters. The van der Waals surface area contributed by atoms with Crippen LogP contribution in [-0.2, 0) is 22.4 Å². The highest BCUT2D eigenvalue weighted by Gasteiger charge is 2.22. The molecule has 2 aromatic rings. The van der Waals surface area contributed by atoms with E-state index in [1.54, 1.807) is 13.3 Å². The third-order valence-electron chi connectivity index (χ3n) is 3.71. The van der Waals surface area contributed by atoms with Crippen molar-refractivity contribution in [2.45, 2.75) is 31.3 Å². The fraction of sp³-hybridized carbons (Fsp3) is 0.353. The third kappa shape index (κ3) is 5.92. The lowest BCUT2D eigenvalue weighted by molar-refractivity contribution is -0.141. The van der Waals surface area contributed by atoms with Gasteiger partial charge in [-0.05, 0) is 24.1 Å². The highest BCUT2D eigenvalue weighted by atomic mass is 16.5. The SMILES string of the molecule is COc1ccc(CC(N)CC(=O)N[C@H](Cc2c[nH]cn2)C(=O)O)cc1. The molecule has 1 heterocycles. The van der Waals surface area contributed by atoms with Crippen molar-refractivity contribution in [1.29, 1.82) is 0 Å². The quantitative estimate of drug-likeness (QED) is 0.523. The fourth-order valence-corrected chi connectivity index (χ4v) is 2.44. The minimum Gasteiger partial charge on any atom is -0.497 e. The summed E-state index contributed by atoms with van der Waals surface area (Å²) in [5, 5.41) is 11.7. The van der Waals surface area contributed by atoms with Crippen LogP contribution in [0.2, 0.25) is 0 Å². The van der Waals surface area contributed by atoms with Crippen molar-refractivity contribution in [2.24, 2.45) is 5.73 Å². The predicted molar refractivity (Wildman–Crippen MR) is 91.1 cm³/mol. The molecule has 0 aliphatic carbocycles. The van der Waals surface area contributed by atoms with Crippen LogP contribution in [0, 0.1) is 0 Å². The second-order valence-corrected chi connectivity index (χ2v) is 5.74. The standard InChI is InChI=1S/C17H22N4O4/c1-25-14-4-2-11(3-5-14)6-12(18)7-16(22)21-15(17(23)24)8-13-9-19-10-20-13/h2-5,9-10,12,15H,6-8,18H2,1H3,(H,19,20)(H,21,22)(H,23,24)/t12?,15-/m1/s1. The van der Waals surface area contributed by atoms with Crippen LogP contribution in [-0.4, -0.2) is 46.1 Å². The second-order valence-electron chi connectivity index (χ2n) is 5.74. The highest BCUT2D eigenvalue weighted by molar-refractivity contribution is 5.84. The number of benzene rings is 1. The minimum atomic E-state index is -1.11. The molecule has 1 amide bonds. The summed E-state index contributed by atoms with van der Waals surface area (Å²) in [6, 6.07) is 5.97. The number of nitrogens with one attached hydrogen (secondary N) is 2. The molecular weight excluding hydrogens is 324 g/mol. The van der Waals surface area contributed by atoms with Crippen molar-refractivity contribution in [3.8, 4) is 5.75 Å². The first-order chi connectivity index (χ1) is 12.0. The van der Waals surface area contributed by atoms with E-state index in [9.17, 15) is 14.7 Å². The maximum atomic E-state index is 12.1. The van der Waals surface area contributed by atoms with Crippen LogP contribution in [0.5, 0.6) is 5.75 Å². The molecule has 1 aromatic carbocycles. The average Bonchev–Trinajstić information content (AvgIpc) is 3.07. The number of hydrogen-bond donors (Lipinski definition) is 4. The number of nitrogens with zero attached hydrogens (tertiary/aromatic N) is 1. The molecule has 0 aliphatic rings. The van der Waals surface area contributed by atoms with Gasteiger partial charge in [0.25, 0.3) is 0 Å². The molecule has 0 bridgehead atoms. The van der Waals surface area contributed by atoms with Crippen LogP contribution in [0.4, 0.5) is 0 Å². The summed E-state index contributed by atoms with van der Waals surface area (Å²) in [7, 11) is 1.59. The minimum absolute atomic E-state index is 0.0381. The number of nitrogens with two attached hydrogens (primary N) is 1. The average molecular weight is 346 g/mol. The summed E-state index contributed by atoms with van der Waals surface area (Å²) in [4.78, 5) is 30.1. The van der Waals surface area contributed by atoms with Crippen molar-refractivity contribution >= 4 is 11.9 Å². The largest absolute Gasteiger partial charge is 0.497 e. The summed E-state index contributed by atoms with van der Waals surface area (Å²) < 4.78 is 5.09. The summed E-state index contributed by atoms with van der Waals surface area (Å²) in [6.45, 7) is 0. The molecule has 1 aromatic heterocycles. The number of carboxylic acid groups (broad SMARTS) is 1. The van der Waals surface area contributed by atoms with Crippen LogP contribution in [0.3, 0.4) is 0 Å². The lowest BCUT2D eigenvalue weighted by Crippen LogP contribution is -2.44. The summed E-state index contributed by atoms with van der Waals surface area (Å²) in [5.74, 6) is -0.762. The molecule has 1 unspecified atom stereocenters. The van der Waals surface area contributed by atoms with Crippen LogP contribution >= 0.6 is 0 Å². The Bertz CT molecular complexity index is 685. The number of aromatic amines is 1. The maximum absolute atomic E-state index is 12.1.